The van der Waals surface area contributed by atoms with Crippen LogP contribution in [0.5, 0.6) is 5.75 Å². The molecule has 1 rings (SSSR count). The van der Waals surface area contributed by atoms with E-state index in [1.54, 1.807) is 20.8 Å². The van der Waals surface area contributed by atoms with Gasteiger partial charge in [-0.2, -0.15) is 0 Å². The Kier molecular flexibility index (Phi) is 6.52. The van der Waals surface area contributed by atoms with Gasteiger partial charge in [0, 0.05) is 18.7 Å². The number of halogens is 1. The maximum absolute atomic E-state index is 11.6. The van der Waals surface area contributed by atoms with Crippen LogP contribution in [0.15, 0.2) is 6.20 Å². The number of nitrogens with two attached hydrogens (primary N) is 1. The van der Waals surface area contributed by atoms with E-state index in [-0.39, 0.29) is 16.9 Å². The fourth-order valence-electron chi connectivity index (χ4n) is 1.63. The quantitative estimate of drug-likeness (QED) is 0.827. The lowest BCUT2D eigenvalue weighted by molar-refractivity contribution is 0.0509. The Morgan fingerprint density at radius 2 is 2.17 bits per heavy atom. The SMILES string of the molecule is COc1c(C#CC[C@H](C)NC(=O)OC(C)(C)C)cnc(N)c1Cl. The standard InChI is InChI=1S/C16H22ClN3O3/c1-10(20-15(21)23-16(2,3)4)7-6-8-11-9-19-14(18)12(17)13(11)22-5/h9-10H,7H2,1-5H3,(H2,18,19)(H,20,21)/t10-/m0/s1. The number of hydrogen-bond acceptors (Lipinski definition) is 5. The minimum Gasteiger partial charge on any atom is -0.494 e. The summed E-state index contributed by atoms with van der Waals surface area (Å²) in [6.07, 6.45) is 1.46. The van der Waals surface area contributed by atoms with Gasteiger partial charge in [-0.25, -0.2) is 9.78 Å². The van der Waals surface area contributed by atoms with Crippen LogP contribution >= 0.6 is 11.6 Å². The van der Waals surface area contributed by atoms with Gasteiger partial charge in [0.05, 0.1) is 12.7 Å². The number of aromatic nitrogens is 1. The zero-order chi connectivity index (χ0) is 17.6. The molecular formula is C16H22ClN3O3. The molecule has 6 nitrogen and oxygen atoms in total. The van der Waals surface area contributed by atoms with Gasteiger partial charge in [0.15, 0.2) is 5.75 Å². The molecule has 3 N–H and O–H groups in total. The summed E-state index contributed by atoms with van der Waals surface area (Å²) in [6.45, 7) is 7.26. The molecule has 0 aliphatic rings. The van der Waals surface area contributed by atoms with E-state index in [9.17, 15) is 4.79 Å². The highest BCUT2D eigenvalue weighted by Crippen LogP contribution is 2.31. The van der Waals surface area contributed by atoms with Gasteiger partial charge in [-0.1, -0.05) is 23.4 Å². The molecule has 0 fully saturated rings. The van der Waals surface area contributed by atoms with Gasteiger partial charge in [0.2, 0.25) is 0 Å². The van der Waals surface area contributed by atoms with Crippen LogP contribution in [-0.4, -0.2) is 29.8 Å². The Morgan fingerprint density at radius 3 is 2.74 bits per heavy atom. The second kappa shape index (κ2) is 7.93. The lowest BCUT2D eigenvalue weighted by Crippen LogP contribution is -2.37. The third-order valence-corrected chi connectivity index (χ3v) is 2.97. The number of nitrogen functional groups attached to an aromatic ring is 1. The molecule has 0 aliphatic carbocycles. The minimum absolute atomic E-state index is 0.166. The number of carbonyl (C=O) groups is 1. The summed E-state index contributed by atoms with van der Waals surface area (Å²) in [7, 11) is 1.48. The Bertz CT molecular complexity index is 630. The maximum Gasteiger partial charge on any atom is 0.407 e. The second-order valence-electron chi connectivity index (χ2n) is 5.96. The van der Waals surface area contributed by atoms with E-state index in [1.165, 1.54) is 13.3 Å². The molecule has 1 atom stereocenters. The summed E-state index contributed by atoms with van der Waals surface area (Å²) in [6, 6.07) is -0.166. The minimum atomic E-state index is -0.533. The number of ether oxygens (including phenoxy) is 2. The highest BCUT2D eigenvalue weighted by Gasteiger charge is 2.17. The number of nitrogens with zero attached hydrogens (tertiary/aromatic N) is 1. The lowest BCUT2D eigenvalue weighted by Gasteiger charge is -2.21. The Labute approximate surface area is 141 Å². The molecule has 1 aromatic rings. The molecule has 1 amide bonds. The number of rotatable bonds is 3. The fourth-order valence-corrected chi connectivity index (χ4v) is 1.86. The van der Waals surface area contributed by atoms with E-state index in [4.69, 9.17) is 26.8 Å². The van der Waals surface area contributed by atoms with E-state index >= 15 is 0 Å². The highest BCUT2D eigenvalue weighted by molar-refractivity contribution is 6.34. The van der Waals surface area contributed by atoms with Crippen molar-refractivity contribution < 1.29 is 14.3 Å². The second-order valence-corrected chi connectivity index (χ2v) is 6.34. The van der Waals surface area contributed by atoms with Gasteiger partial charge < -0.3 is 20.5 Å². The summed E-state index contributed by atoms with van der Waals surface area (Å²) < 4.78 is 10.4. The largest absolute Gasteiger partial charge is 0.494 e. The molecule has 23 heavy (non-hydrogen) atoms. The van der Waals surface area contributed by atoms with Crippen molar-refractivity contribution in [2.24, 2.45) is 0 Å². The average Bonchev–Trinajstić information content (AvgIpc) is 2.40. The van der Waals surface area contributed by atoms with Crippen LogP contribution in [-0.2, 0) is 4.74 Å². The molecule has 0 aliphatic heterocycles. The molecule has 0 bridgehead atoms. The first-order valence-electron chi connectivity index (χ1n) is 7.10. The summed E-state index contributed by atoms with van der Waals surface area (Å²) >= 11 is 6.02. The van der Waals surface area contributed by atoms with Gasteiger partial charge in [-0.3, -0.25) is 0 Å². The number of methoxy groups -OCH3 is 1. The molecule has 1 heterocycles. The third-order valence-electron chi connectivity index (χ3n) is 2.60. The highest BCUT2D eigenvalue weighted by atomic mass is 35.5. The summed E-state index contributed by atoms with van der Waals surface area (Å²) in [5.41, 5.74) is 5.62. The van der Waals surface area contributed by atoms with Crippen LogP contribution in [0.2, 0.25) is 5.02 Å². The number of nitrogens with one attached hydrogen (secondary N) is 1. The molecular weight excluding hydrogens is 318 g/mol. The molecule has 0 aromatic carbocycles. The van der Waals surface area contributed by atoms with Crippen molar-refractivity contribution in [3.8, 4) is 17.6 Å². The third kappa shape index (κ3) is 6.25. The predicted molar refractivity (Wildman–Crippen MR) is 90.5 cm³/mol. The zero-order valence-electron chi connectivity index (χ0n) is 14.0. The summed E-state index contributed by atoms with van der Waals surface area (Å²) in [4.78, 5) is 15.6. The molecule has 0 saturated carbocycles. The number of pyridine rings is 1. The van der Waals surface area contributed by atoms with E-state index < -0.39 is 11.7 Å². The van der Waals surface area contributed by atoms with Crippen molar-refractivity contribution in [1.82, 2.24) is 10.3 Å². The van der Waals surface area contributed by atoms with Gasteiger partial charge in [-0.15, -0.1) is 0 Å². The molecule has 0 radical (unpaired) electrons. The first-order valence-corrected chi connectivity index (χ1v) is 7.48. The number of hydrogen-bond donors (Lipinski definition) is 2. The normalized spacial score (nSPS) is 11.9. The van der Waals surface area contributed by atoms with Gasteiger partial charge in [0.1, 0.15) is 16.4 Å². The first-order chi connectivity index (χ1) is 10.6. The van der Waals surface area contributed by atoms with Gasteiger partial charge in [0.25, 0.3) is 0 Å². The number of alkyl carbamates (subject to hydrolysis) is 1. The summed E-state index contributed by atoms with van der Waals surface area (Å²) in [5.74, 6) is 6.44. The van der Waals surface area contributed by atoms with Crippen LogP contribution in [0.25, 0.3) is 0 Å². The van der Waals surface area contributed by atoms with Crippen molar-refractivity contribution in [2.45, 2.75) is 45.8 Å². The monoisotopic (exact) mass is 339 g/mol. The van der Waals surface area contributed by atoms with Crippen LogP contribution < -0.4 is 15.8 Å². The summed E-state index contributed by atoms with van der Waals surface area (Å²) in [5, 5.41) is 2.95. The molecule has 0 spiro atoms. The predicted octanol–water partition coefficient (Wildman–Crippen LogP) is 2.98. The zero-order valence-corrected chi connectivity index (χ0v) is 14.7. The smallest absolute Gasteiger partial charge is 0.407 e. The van der Waals surface area contributed by atoms with Crippen molar-refractivity contribution in [3.05, 3.63) is 16.8 Å². The van der Waals surface area contributed by atoms with Crippen LogP contribution in [0.1, 0.15) is 39.7 Å². The maximum atomic E-state index is 11.6. The van der Waals surface area contributed by atoms with Crippen molar-refractivity contribution in [1.29, 1.82) is 0 Å². The van der Waals surface area contributed by atoms with Crippen molar-refractivity contribution in [3.63, 3.8) is 0 Å². The van der Waals surface area contributed by atoms with E-state index in [1.807, 2.05) is 6.92 Å². The first kappa shape index (κ1) is 18.9. The topological polar surface area (TPSA) is 86.5 Å². The Hall–Kier alpha value is -2.13. The molecule has 126 valence electrons. The molecule has 7 heteroatoms. The number of carbonyl (C=O) groups excluding carboxylic acids is 1. The van der Waals surface area contributed by atoms with Gasteiger partial charge in [-0.05, 0) is 27.7 Å². The Balaban J connectivity index is 2.68. The average molecular weight is 340 g/mol. The fraction of sp³-hybridized carbons (Fsp3) is 0.500. The van der Waals surface area contributed by atoms with Crippen molar-refractivity contribution in [2.75, 3.05) is 12.8 Å². The van der Waals surface area contributed by atoms with E-state index in [0.717, 1.165) is 0 Å². The Morgan fingerprint density at radius 1 is 1.52 bits per heavy atom. The number of amides is 1. The van der Waals surface area contributed by atoms with Crippen LogP contribution in [0.3, 0.4) is 0 Å². The number of anilines is 1. The van der Waals surface area contributed by atoms with Crippen LogP contribution in [0, 0.1) is 11.8 Å². The van der Waals surface area contributed by atoms with E-state index in [0.29, 0.717) is 17.7 Å². The van der Waals surface area contributed by atoms with Crippen molar-refractivity contribution >= 4 is 23.5 Å². The molecule has 1 aromatic heterocycles. The molecule has 0 unspecified atom stereocenters. The van der Waals surface area contributed by atoms with Crippen LogP contribution in [0.4, 0.5) is 10.6 Å². The van der Waals surface area contributed by atoms with E-state index in [2.05, 4.69) is 22.1 Å². The molecule has 0 saturated heterocycles. The lowest BCUT2D eigenvalue weighted by atomic mass is 10.2. The van der Waals surface area contributed by atoms with Gasteiger partial charge >= 0.3 is 6.09 Å².